The van der Waals surface area contributed by atoms with E-state index in [-0.39, 0.29) is 5.78 Å². The number of nitrogen functional groups attached to an aromatic ring is 4. The second-order valence-electron chi connectivity index (χ2n) is 7.79. The summed E-state index contributed by atoms with van der Waals surface area (Å²) in [4.78, 5) is 14.4. The van der Waals surface area contributed by atoms with Crippen LogP contribution in [0.15, 0.2) is 97.1 Å². The van der Waals surface area contributed by atoms with Crippen LogP contribution in [0.3, 0.4) is 0 Å². The van der Waals surface area contributed by atoms with Crippen molar-refractivity contribution in [3.05, 3.63) is 119 Å². The molecule has 0 saturated carbocycles. The molecular formula is C27H26N4O. The van der Waals surface area contributed by atoms with Crippen molar-refractivity contribution in [2.45, 2.75) is 11.8 Å². The van der Waals surface area contributed by atoms with Crippen LogP contribution < -0.4 is 22.9 Å². The first-order chi connectivity index (χ1) is 15.5. The SMILES string of the molecule is Nc1cccc(C(C(=O)C(c2ccccc2)c2cccc(N)c2N)c2ccccc2)c1N. The Hall–Kier alpha value is -4.25. The van der Waals surface area contributed by atoms with Gasteiger partial charge in [0.15, 0.2) is 5.78 Å². The number of Topliss-reactive ketones (excluding diaryl/α,β-unsaturated/α-hetero) is 1. The molecule has 5 heteroatoms. The Balaban J connectivity index is 1.95. The predicted octanol–water partition coefficient (Wildman–Crippen LogP) is 4.55. The monoisotopic (exact) mass is 422 g/mol. The lowest BCUT2D eigenvalue weighted by molar-refractivity contribution is -0.120. The largest absolute Gasteiger partial charge is 0.397 e. The van der Waals surface area contributed by atoms with E-state index in [9.17, 15) is 4.79 Å². The summed E-state index contributed by atoms with van der Waals surface area (Å²) in [6, 6.07) is 30.0. The van der Waals surface area contributed by atoms with Crippen LogP contribution in [0.2, 0.25) is 0 Å². The van der Waals surface area contributed by atoms with Crippen molar-refractivity contribution >= 4 is 28.5 Å². The summed E-state index contributed by atoms with van der Waals surface area (Å²) < 4.78 is 0. The molecule has 0 aliphatic carbocycles. The van der Waals surface area contributed by atoms with E-state index < -0.39 is 11.8 Å². The van der Waals surface area contributed by atoms with E-state index in [1.165, 1.54) is 0 Å². The average Bonchev–Trinajstić information content (AvgIpc) is 2.81. The van der Waals surface area contributed by atoms with E-state index in [0.717, 1.165) is 11.1 Å². The topological polar surface area (TPSA) is 121 Å². The summed E-state index contributed by atoms with van der Waals surface area (Å²) >= 11 is 0. The van der Waals surface area contributed by atoms with E-state index in [0.29, 0.717) is 33.9 Å². The first kappa shape index (κ1) is 21.0. The van der Waals surface area contributed by atoms with Crippen molar-refractivity contribution in [2.75, 3.05) is 22.9 Å². The lowest BCUT2D eigenvalue weighted by Crippen LogP contribution is -2.25. The number of hydrogen-bond donors (Lipinski definition) is 4. The molecule has 160 valence electrons. The van der Waals surface area contributed by atoms with Gasteiger partial charge in [-0.1, -0.05) is 84.9 Å². The van der Waals surface area contributed by atoms with Gasteiger partial charge < -0.3 is 22.9 Å². The summed E-state index contributed by atoms with van der Waals surface area (Å²) in [6.45, 7) is 0. The van der Waals surface area contributed by atoms with Crippen molar-refractivity contribution in [2.24, 2.45) is 0 Å². The number of carbonyl (C=O) groups excluding carboxylic acids is 1. The van der Waals surface area contributed by atoms with Gasteiger partial charge in [-0.2, -0.15) is 0 Å². The highest BCUT2D eigenvalue weighted by molar-refractivity contribution is 6.00. The molecular weight excluding hydrogens is 396 g/mol. The van der Waals surface area contributed by atoms with E-state index >= 15 is 0 Å². The van der Waals surface area contributed by atoms with Gasteiger partial charge in [0, 0.05) is 0 Å². The third-order valence-corrected chi connectivity index (χ3v) is 5.80. The minimum Gasteiger partial charge on any atom is -0.397 e. The van der Waals surface area contributed by atoms with Gasteiger partial charge in [-0.25, -0.2) is 0 Å². The van der Waals surface area contributed by atoms with E-state index in [2.05, 4.69) is 0 Å². The number of rotatable bonds is 6. The van der Waals surface area contributed by atoms with Gasteiger partial charge in [-0.05, 0) is 34.4 Å². The van der Waals surface area contributed by atoms with E-state index in [4.69, 9.17) is 22.9 Å². The number of benzene rings is 4. The second kappa shape index (κ2) is 8.86. The molecule has 2 unspecified atom stereocenters. The molecule has 8 N–H and O–H groups in total. The molecule has 0 aromatic heterocycles. The summed E-state index contributed by atoms with van der Waals surface area (Å²) in [5.41, 5.74) is 29.6. The molecule has 0 fully saturated rings. The van der Waals surface area contributed by atoms with Crippen molar-refractivity contribution < 1.29 is 4.79 Å². The molecule has 0 heterocycles. The highest BCUT2D eigenvalue weighted by Crippen LogP contribution is 2.41. The van der Waals surface area contributed by atoms with Crippen LogP contribution in [-0.2, 0) is 4.79 Å². The van der Waals surface area contributed by atoms with Crippen LogP contribution in [0.25, 0.3) is 0 Å². The summed E-state index contributed by atoms with van der Waals surface area (Å²) in [7, 11) is 0. The minimum absolute atomic E-state index is 0.0583. The fourth-order valence-electron chi connectivity index (χ4n) is 4.16. The Kier molecular flexibility index (Phi) is 5.81. The number of ketones is 1. The Morgan fingerprint density at radius 3 is 1.25 bits per heavy atom. The average molecular weight is 423 g/mol. The zero-order valence-electron chi connectivity index (χ0n) is 17.6. The molecule has 4 rings (SSSR count). The van der Waals surface area contributed by atoms with Crippen LogP contribution in [0.5, 0.6) is 0 Å². The third kappa shape index (κ3) is 3.88. The number of anilines is 4. The maximum Gasteiger partial charge on any atom is 0.156 e. The molecule has 32 heavy (non-hydrogen) atoms. The first-order valence-corrected chi connectivity index (χ1v) is 10.4. The number of hydrogen-bond acceptors (Lipinski definition) is 5. The normalized spacial score (nSPS) is 12.8. The van der Waals surface area contributed by atoms with Gasteiger partial charge in [0.25, 0.3) is 0 Å². The van der Waals surface area contributed by atoms with Crippen molar-refractivity contribution in [3.63, 3.8) is 0 Å². The molecule has 0 saturated heterocycles. The quantitative estimate of drug-likeness (QED) is 0.340. The Morgan fingerprint density at radius 2 is 0.875 bits per heavy atom. The molecule has 0 amide bonds. The summed E-state index contributed by atoms with van der Waals surface area (Å²) in [6.07, 6.45) is 0. The third-order valence-electron chi connectivity index (χ3n) is 5.80. The fourth-order valence-corrected chi connectivity index (χ4v) is 4.16. The van der Waals surface area contributed by atoms with Crippen molar-refractivity contribution in [1.82, 2.24) is 0 Å². The lowest BCUT2D eigenvalue weighted by Gasteiger charge is -2.26. The summed E-state index contributed by atoms with van der Waals surface area (Å²) in [5, 5.41) is 0. The maximum absolute atomic E-state index is 14.4. The van der Waals surface area contributed by atoms with Gasteiger partial charge in [-0.15, -0.1) is 0 Å². The number of nitrogens with two attached hydrogens (primary N) is 4. The molecule has 0 radical (unpaired) electrons. The summed E-state index contributed by atoms with van der Waals surface area (Å²) in [5.74, 6) is -1.33. The molecule has 4 aromatic rings. The molecule has 0 spiro atoms. The highest BCUT2D eigenvalue weighted by atomic mass is 16.1. The van der Waals surface area contributed by atoms with E-state index in [1.54, 1.807) is 12.1 Å². The van der Waals surface area contributed by atoms with Gasteiger partial charge in [-0.3, -0.25) is 4.79 Å². The predicted molar refractivity (Wildman–Crippen MR) is 132 cm³/mol. The Bertz CT molecular complexity index is 1140. The van der Waals surface area contributed by atoms with Crippen molar-refractivity contribution in [3.8, 4) is 0 Å². The molecule has 5 nitrogen and oxygen atoms in total. The maximum atomic E-state index is 14.4. The van der Waals surface area contributed by atoms with Gasteiger partial charge >= 0.3 is 0 Å². The van der Waals surface area contributed by atoms with Crippen LogP contribution >= 0.6 is 0 Å². The zero-order valence-corrected chi connectivity index (χ0v) is 17.6. The molecule has 0 bridgehead atoms. The first-order valence-electron chi connectivity index (χ1n) is 10.4. The fraction of sp³-hybridized carbons (Fsp3) is 0.0741. The van der Waals surface area contributed by atoms with Crippen LogP contribution in [0.1, 0.15) is 34.1 Å². The standard InChI is InChI=1S/C27H26N4O/c28-21-15-7-13-19(25(21)30)23(17-9-3-1-4-10-17)27(32)24(18-11-5-2-6-12-18)20-14-8-16-22(29)26(20)31/h1-16,23-24H,28-31H2. The Morgan fingerprint density at radius 1 is 0.500 bits per heavy atom. The molecule has 0 aliphatic heterocycles. The molecule has 4 aromatic carbocycles. The second-order valence-corrected chi connectivity index (χ2v) is 7.79. The van der Waals surface area contributed by atoms with E-state index in [1.807, 2.05) is 84.9 Å². The smallest absolute Gasteiger partial charge is 0.156 e. The Labute approximate surface area is 187 Å². The number of carbonyl (C=O) groups is 1. The van der Waals surface area contributed by atoms with Crippen molar-refractivity contribution in [1.29, 1.82) is 0 Å². The number of para-hydroxylation sites is 2. The van der Waals surface area contributed by atoms with Gasteiger partial charge in [0.1, 0.15) is 0 Å². The lowest BCUT2D eigenvalue weighted by atomic mass is 9.76. The molecule has 0 aliphatic rings. The van der Waals surface area contributed by atoms with Gasteiger partial charge in [0.2, 0.25) is 0 Å². The zero-order chi connectivity index (χ0) is 22.7. The van der Waals surface area contributed by atoms with Crippen LogP contribution in [0, 0.1) is 0 Å². The minimum atomic E-state index is -0.634. The molecule has 2 atom stereocenters. The van der Waals surface area contributed by atoms with Crippen LogP contribution in [-0.4, -0.2) is 5.78 Å². The highest BCUT2D eigenvalue weighted by Gasteiger charge is 2.34. The van der Waals surface area contributed by atoms with Gasteiger partial charge in [0.05, 0.1) is 34.6 Å². The van der Waals surface area contributed by atoms with Crippen LogP contribution in [0.4, 0.5) is 22.7 Å².